The molecule has 1 N–H and O–H groups in total. The van der Waals surface area contributed by atoms with Crippen LogP contribution in [0.2, 0.25) is 5.02 Å². The van der Waals surface area contributed by atoms with Gasteiger partial charge in [-0.1, -0.05) is 11.6 Å². The van der Waals surface area contributed by atoms with Gasteiger partial charge in [-0.15, -0.1) is 0 Å². The van der Waals surface area contributed by atoms with Gasteiger partial charge >= 0.3 is 0 Å². The molecule has 1 unspecified atom stereocenters. The van der Waals surface area contributed by atoms with E-state index < -0.39 is 6.10 Å². The van der Waals surface area contributed by atoms with Gasteiger partial charge in [-0.3, -0.25) is 0 Å². The van der Waals surface area contributed by atoms with E-state index >= 15 is 0 Å². The third kappa shape index (κ3) is 2.18. The van der Waals surface area contributed by atoms with Crippen molar-refractivity contribution in [1.29, 1.82) is 0 Å². The first-order valence-corrected chi connectivity index (χ1v) is 5.11. The average Bonchev–Trinajstić information content (AvgIpc) is 2.27. The number of ether oxygens (including phenoxy) is 3. The van der Waals surface area contributed by atoms with Gasteiger partial charge in [-0.25, -0.2) is 0 Å². The molecule has 0 heterocycles. The van der Waals surface area contributed by atoms with E-state index in [2.05, 4.69) is 0 Å². The number of rotatable bonds is 4. The minimum absolute atomic E-state index is 0.292. The van der Waals surface area contributed by atoms with Gasteiger partial charge in [0.25, 0.3) is 0 Å². The molecular formula is C11H15ClO4. The van der Waals surface area contributed by atoms with Crippen molar-refractivity contribution in [2.24, 2.45) is 0 Å². The van der Waals surface area contributed by atoms with Gasteiger partial charge in [0.1, 0.15) is 10.8 Å². The van der Waals surface area contributed by atoms with E-state index in [1.54, 1.807) is 13.0 Å². The first-order valence-electron chi connectivity index (χ1n) is 4.73. The zero-order chi connectivity index (χ0) is 12.3. The van der Waals surface area contributed by atoms with Gasteiger partial charge in [0.05, 0.1) is 27.4 Å². The smallest absolute Gasteiger partial charge is 0.183 e. The fraction of sp³-hybridized carbons (Fsp3) is 0.455. The lowest BCUT2D eigenvalue weighted by atomic mass is 10.1. The lowest BCUT2D eigenvalue weighted by Gasteiger charge is -2.17. The Morgan fingerprint density at radius 2 is 1.69 bits per heavy atom. The summed E-state index contributed by atoms with van der Waals surface area (Å²) in [5, 5.41) is 9.90. The molecule has 1 atom stereocenters. The maximum Gasteiger partial charge on any atom is 0.183 e. The molecule has 1 rings (SSSR count). The van der Waals surface area contributed by atoms with Crippen molar-refractivity contribution in [3.05, 3.63) is 16.7 Å². The first-order chi connectivity index (χ1) is 7.56. The van der Waals surface area contributed by atoms with E-state index in [0.29, 0.717) is 27.8 Å². The maximum absolute atomic E-state index is 9.61. The second kappa shape index (κ2) is 5.27. The van der Waals surface area contributed by atoms with E-state index in [4.69, 9.17) is 25.8 Å². The molecule has 0 spiro atoms. The second-order valence-electron chi connectivity index (χ2n) is 3.22. The summed E-state index contributed by atoms with van der Waals surface area (Å²) in [6, 6.07) is 1.65. The van der Waals surface area contributed by atoms with Crippen molar-refractivity contribution in [2.45, 2.75) is 13.0 Å². The van der Waals surface area contributed by atoms with Crippen LogP contribution in [-0.2, 0) is 0 Å². The Morgan fingerprint density at radius 1 is 1.12 bits per heavy atom. The summed E-state index contributed by atoms with van der Waals surface area (Å²) in [5.74, 6) is 1.25. The summed E-state index contributed by atoms with van der Waals surface area (Å²) >= 11 is 6.10. The van der Waals surface area contributed by atoms with E-state index in [1.807, 2.05) is 0 Å². The number of methoxy groups -OCH3 is 3. The largest absolute Gasteiger partial charge is 0.495 e. The molecule has 90 valence electrons. The Bertz CT molecular complexity index is 377. The van der Waals surface area contributed by atoms with Gasteiger partial charge in [0.15, 0.2) is 11.5 Å². The van der Waals surface area contributed by atoms with Crippen LogP contribution in [0.25, 0.3) is 0 Å². The Kier molecular flexibility index (Phi) is 4.26. The summed E-state index contributed by atoms with van der Waals surface area (Å²) in [5.41, 5.74) is 0.560. The van der Waals surface area contributed by atoms with Crippen molar-refractivity contribution in [2.75, 3.05) is 21.3 Å². The van der Waals surface area contributed by atoms with Crippen LogP contribution in [0.3, 0.4) is 0 Å². The van der Waals surface area contributed by atoms with Crippen molar-refractivity contribution in [1.82, 2.24) is 0 Å². The zero-order valence-corrected chi connectivity index (χ0v) is 10.5. The monoisotopic (exact) mass is 246 g/mol. The minimum Gasteiger partial charge on any atom is -0.495 e. The number of benzene rings is 1. The molecule has 0 saturated heterocycles. The normalized spacial score (nSPS) is 12.1. The molecule has 5 heteroatoms. The SMILES string of the molecule is COc1cc(C(C)O)c(OC)c(Cl)c1OC. The second-order valence-corrected chi connectivity index (χ2v) is 3.60. The Hall–Kier alpha value is -1.13. The number of hydrogen-bond acceptors (Lipinski definition) is 4. The average molecular weight is 247 g/mol. The van der Waals surface area contributed by atoms with E-state index in [9.17, 15) is 5.11 Å². The highest BCUT2D eigenvalue weighted by molar-refractivity contribution is 6.34. The molecule has 0 saturated carbocycles. The van der Waals surface area contributed by atoms with Gasteiger partial charge < -0.3 is 19.3 Å². The molecule has 0 fully saturated rings. The highest BCUT2D eigenvalue weighted by Crippen LogP contribution is 2.45. The topological polar surface area (TPSA) is 47.9 Å². The van der Waals surface area contributed by atoms with Crippen LogP contribution in [0.15, 0.2) is 6.07 Å². The van der Waals surface area contributed by atoms with Crippen molar-refractivity contribution in [3.63, 3.8) is 0 Å². The van der Waals surface area contributed by atoms with Crippen LogP contribution in [0.4, 0.5) is 0 Å². The van der Waals surface area contributed by atoms with E-state index in [-0.39, 0.29) is 0 Å². The van der Waals surface area contributed by atoms with Gasteiger partial charge in [0.2, 0.25) is 0 Å². The van der Waals surface area contributed by atoms with Crippen molar-refractivity contribution >= 4 is 11.6 Å². The minimum atomic E-state index is -0.702. The molecule has 1 aromatic rings. The predicted octanol–water partition coefficient (Wildman–Crippen LogP) is 2.42. The van der Waals surface area contributed by atoms with Crippen molar-refractivity contribution < 1.29 is 19.3 Å². The molecule has 0 amide bonds. The Morgan fingerprint density at radius 3 is 2.06 bits per heavy atom. The highest BCUT2D eigenvalue weighted by Gasteiger charge is 2.21. The molecule has 0 aromatic heterocycles. The lowest BCUT2D eigenvalue weighted by Crippen LogP contribution is -2.01. The Balaban J connectivity index is 3.47. The standard InChI is InChI=1S/C11H15ClO4/c1-6(13)7-5-8(14-2)11(16-4)9(12)10(7)15-3/h5-6,13H,1-4H3. The van der Waals surface area contributed by atoms with Gasteiger partial charge in [0, 0.05) is 5.56 Å². The van der Waals surface area contributed by atoms with Gasteiger partial charge in [-0.2, -0.15) is 0 Å². The molecule has 0 radical (unpaired) electrons. The van der Waals surface area contributed by atoms with Gasteiger partial charge in [-0.05, 0) is 13.0 Å². The third-order valence-corrected chi connectivity index (χ3v) is 2.59. The fourth-order valence-corrected chi connectivity index (χ4v) is 1.83. The molecule has 1 aromatic carbocycles. The van der Waals surface area contributed by atoms with Crippen LogP contribution < -0.4 is 14.2 Å². The molecule has 4 nitrogen and oxygen atoms in total. The predicted molar refractivity (Wildman–Crippen MR) is 61.7 cm³/mol. The molecule has 0 bridgehead atoms. The zero-order valence-electron chi connectivity index (χ0n) is 9.70. The molecule has 0 aliphatic carbocycles. The molecule has 0 aliphatic rings. The summed E-state index contributed by atoms with van der Waals surface area (Å²) in [4.78, 5) is 0. The highest BCUT2D eigenvalue weighted by atomic mass is 35.5. The fourth-order valence-electron chi connectivity index (χ4n) is 1.47. The van der Waals surface area contributed by atoms with Crippen molar-refractivity contribution in [3.8, 4) is 17.2 Å². The summed E-state index contributed by atoms with van der Waals surface area (Å²) in [7, 11) is 4.48. The van der Waals surface area contributed by atoms with Crippen LogP contribution in [-0.4, -0.2) is 26.4 Å². The third-order valence-electron chi connectivity index (χ3n) is 2.25. The summed E-state index contributed by atoms with van der Waals surface area (Å²) in [6.45, 7) is 1.63. The lowest BCUT2D eigenvalue weighted by molar-refractivity contribution is 0.193. The van der Waals surface area contributed by atoms with Crippen LogP contribution in [0.5, 0.6) is 17.2 Å². The number of aliphatic hydroxyl groups is 1. The summed E-state index contributed by atoms with van der Waals surface area (Å²) < 4.78 is 15.4. The quantitative estimate of drug-likeness (QED) is 0.886. The van der Waals surface area contributed by atoms with E-state index in [1.165, 1.54) is 21.3 Å². The molecular weight excluding hydrogens is 232 g/mol. The maximum atomic E-state index is 9.61. The summed E-state index contributed by atoms with van der Waals surface area (Å²) in [6.07, 6.45) is -0.702. The van der Waals surface area contributed by atoms with Crippen LogP contribution in [0.1, 0.15) is 18.6 Å². The molecule has 16 heavy (non-hydrogen) atoms. The number of aliphatic hydroxyl groups excluding tert-OH is 1. The number of hydrogen-bond donors (Lipinski definition) is 1. The van der Waals surface area contributed by atoms with Crippen LogP contribution in [0, 0.1) is 0 Å². The first kappa shape index (κ1) is 12.9. The van der Waals surface area contributed by atoms with Crippen LogP contribution >= 0.6 is 11.6 Å². The Labute approximate surface area is 99.7 Å². The number of halogens is 1. The van der Waals surface area contributed by atoms with E-state index in [0.717, 1.165) is 0 Å². The molecule has 0 aliphatic heterocycles.